The van der Waals surface area contributed by atoms with Crippen molar-refractivity contribution in [2.75, 3.05) is 19.6 Å². The minimum Gasteiger partial charge on any atom is -0.310 e. The van der Waals surface area contributed by atoms with Gasteiger partial charge in [-0.1, -0.05) is 33.6 Å². The second-order valence-electron chi connectivity index (χ2n) is 7.59. The van der Waals surface area contributed by atoms with E-state index in [1.54, 1.807) is 0 Å². The van der Waals surface area contributed by atoms with Crippen molar-refractivity contribution in [2.24, 2.45) is 5.92 Å². The average Bonchev–Trinajstić information content (AvgIpc) is 2.59. The summed E-state index contributed by atoms with van der Waals surface area (Å²) in [5, 5.41) is 11.8. The van der Waals surface area contributed by atoms with Gasteiger partial charge in [0.15, 0.2) is 0 Å². The van der Waals surface area contributed by atoms with Crippen LogP contribution in [0.25, 0.3) is 0 Å². The Kier molecular flexibility index (Phi) is 8.02. The molecule has 3 unspecified atom stereocenters. The van der Waals surface area contributed by atoms with Crippen molar-refractivity contribution in [3.8, 4) is 0 Å². The van der Waals surface area contributed by atoms with E-state index in [0.717, 1.165) is 42.0 Å². The minimum absolute atomic E-state index is 0.0219. The molecule has 1 saturated carbocycles. The highest BCUT2D eigenvalue weighted by atomic mass is 28.2. The standard InChI is InChI=1S/C18H40N4Si/c1-4-11-19-17-14-15-9-7-8-10-16(15)22(23)18(17,20-12-5-2)21-13-6-3/h15-17,19-21H,4-14H2,1-3,23H3. The summed E-state index contributed by atoms with van der Waals surface area (Å²) in [7, 11) is 1.13. The zero-order chi connectivity index (χ0) is 16.7. The molecule has 23 heavy (non-hydrogen) atoms. The highest BCUT2D eigenvalue weighted by Crippen LogP contribution is 2.39. The molecule has 2 rings (SSSR count). The summed E-state index contributed by atoms with van der Waals surface area (Å²) in [5.74, 6) is 0.877. The van der Waals surface area contributed by atoms with E-state index >= 15 is 0 Å². The van der Waals surface area contributed by atoms with E-state index in [-0.39, 0.29) is 5.79 Å². The van der Waals surface area contributed by atoms with Gasteiger partial charge in [0.25, 0.3) is 0 Å². The molecular weight excluding hydrogens is 300 g/mol. The van der Waals surface area contributed by atoms with Gasteiger partial charge < -0.3 is 5.32 Å². The van der Waals surface area contributed by atoms with Gasteiger partial charge in [-0.25, -0.2) is 0 Å². The maximum absolute atomic E-state index is 3.95. The Balaban J connectivity index is 2.24. The fraction of sp³-hybridized carbons (Fsp3) is 1.00. The SMILES string of the molecule is CCCNC1CC2CCCCC2N([SiH3])C1(NCCC)NCCC. The first kappa shape index (κ1) is 19.4. The number of hydrogen-bond acceptors (Lipinski definition) is 4. The molecule has 5 heteroatoms. The molecule has 0 aromatic carbocycles. The third-order valence-electron chi connectivity index (χ3n) is 5.90. The smallest absolute Gasteiger partial charge is 0.135 e. The first-order valence-electron chi connectivity index (χ1n) is 10.2. The number of hydrogen-bond donors (Lipinski definition) is 3. The second-order valence-corrected chi connectivity index (χ2v) is 8.55. The summed E-state index contributed by atoms with van der Waals surface area (Å²) >= 11 is 0. The topological polar surface area (TPSA) is 39.3 Å². The first-order valence-corrected chi connectivity index (χ1v) is 11.0. The van der Waals surface area contributed by atoms with Gasteiger partial charge in [0.05, 0.1) is 16.4 Å². The van der Waals surface area contributed by atoms with E-state index in [9.17, 15) is 0 Å². The largest absolute Gasteiger partial charge is 0.310 e. The van der Waals surface area contributed by atoms with Crippen LogP contribution in [0.1, 0.15) is 72.1 Å². The maximum Gasteiger partial charge on any atom is 0.135 e. The molecule has 0 amide bonds. The zero-order valence-electron chi connectivity index (χ0n) is 16.0. The van der Waals surface area contributed by atoms with Gasteiger partial charge in [0.1, 0.15) is 5.79 Å². The van der Waals surface area contributed by atoms with Crippen molar-refractivity contribution in [2.45, 2.75) is 90.0 Å². The minimum atomic E-state index is -0.0219. The van der Waals surface area contributed by atoms with E-state index in [1.807, 2.05) is 0 Å². The molecule has 1 heterocycles. The monoisotopic (exact) mass is 340 g/mol. The fourth-order valence-corrected chi connectivity index (χ4v) is 6.00. The normalized spacial score (nSPS) is 31.2. The lowest BCUT2D eigenvalue weighted by atomic mass is 9.75. The molecule has 0 spiro atoms. The summed E-state index contributed by atoms with van der Waals surface area (Å²) in [5.41, 5.74) is 0. The molecule has 3 N–H and O–H groups in total. The summed E-state index contributed by atoms with van der Waals surface area (Å²) in [6, 6.07) is 1.32. The lowest BCUT2D eigenvalue weighted by Crippen LogP contribution is -2.81. The Labute approximate surface area is 147 Å². The molecule has 3 atom stereocenters. The van der Waals surface area contributed by atoms with Crippen molar-refractivity contribution in [3.63, 3.8) is 0 Å². The van der Waals surface area contributed by atoms with E-state index in [2.05, 4.69) is 41.3 Å². The third-order valence-corrected chi connectivity index (χ3v) is 7.26. The lowest BCUT2D eigenvalue weighted by molar-refractivity contribution is -0.0523. The highest BCUT2D eigenvalue weighted by molar-refractivity contribution is 6.05. The van der Waals surface area contributed by atoms with Crippen LogP contribution in [-0.2, 0) is 0 Å². The Hall–Kier alpha value is 0.0569. The van der Waals surface area contributed by atoms with Crippen LogP contribution < -0.4 is 16.0 Å². The van der Waals surface area contributed by atoms with Crippen LogP contribution in [-0.4, -0.2) is 52.5 Å². The molecule has 136 valence electrons. The van der Waals surface area contributed by atoms with Gasteiger partial charge in [-0.05, 0) is 64.1 Å². The number of nitrogens with zero attached hydrogens (tertiary/aromatic N) is 1. The van der Waals surface area contributed by atoms with Crippen molar-refractivity contribution < 1.29 is 0 Å². The zero-order valence-corrected chi connectivity index (χ0v) is 18.0. The molecule has 4 nitrogen and oxygen atoms in total. The van der Waals surface area contributed by atoms with Gasteiger partial charge in [-0.3, -0.25) is 15.2 Å². The molecule has 0 bridgehead atoms. The first-order chi connectivity index (χ1) is 11.2. The van der Waals surface area contributed by atoms with Crippen molar-refractivity contribution in [3.05, 3.63) is 0 Å². The fourth-order valence-electron chi connectivity index (χ4n) is 4.69. The average molecular weight is 341 g/mol. The third kappa shape index (κ3) is 4.37. The molecule has 1 aliphatic carbocycles. The van der Waals surface area contributed by atoms with Crippen LogP contribution in [0.15, 0.2) is 0 Å². The van der Waals surface area contributed by atoms with Gasteiger partial charge in [-0.15, -0.1) is 0 Å². The molecule has 0 aromatic heterocycles. The number of piperidine rings is 1. The predicted octanol–water partition coefficient (Wildman–Crippen LogP) is 1.55. The number of nitrogens with one attached hydrogen (secondary N) is 3. The van der Waals surface area contributed by atoms with E-state index in [1.165, 1.54) is 51.4 Å². The quantitative estimate of drug-likeness (QED) is 0.440. The molecule has 0 radical (unpaired) electrons. The number of rotatable bonds is 9. The molecule has 2 aliphatic rings. The van der Waals surface area contributed by atoms with Crippen LogP contribution in [0.2, 0.25) is 0 Å². The summed E-state index contributed by atoms with van der Waals surface area (Å²) in [6.45, 7) is 10.1. The van der Waals surface area contributed by atoms with E-state index < -0.39 is 0 Å². The van der Waals surface area contributed by atoms with E-state index in [0.29, 0.717) is 6.04 Å². The Morgan fingerprint density at radius 2 is 1.57 bits per heavy atom. The molecule has 1 saturated heterocycles. The van der Waals surface area contributed by atoms with Crippen molar-refractivity contribution >= 4 is 10.4 Å². The summed E-state index contributed by atoms with van der Waals surface area (Å²) < 4.78 is 2.80. The number of fused-ring (bicyclic) bond motifs is 1. The van der Waals surface area contributed by atoms with Crippen LogP contribution >= 0.6 is 0 Å². The van der Waals surface area contributed by atoms with Crippen LogP contribution in [0, 0.1) is 5.92 Å². The van der Waals surface area contributed by atoms with Crippen LogP contribution in [0.3, 0.4) is 0 Å². The summed E-state index contributed by atoms with van der Waals surface area (Å²) in [4.78, 5) is 0. The van der Waals surface area contributed by atoms with Gasteiger partial charge in [-0.2, -0.15) is 0 Å². The van der Waals surface area contributed by atoms with Gasteiger partial charge >= 0.3 is 0 Å². The molecule has 1 aliphatic heterocycles. The maximum atomic E-state index is 3.95. The van der Waals surface area contributed by atoms with Crippen molar-refractivity contribution in [1.82, 2.24) is 20.5 Å². The van der Waals surface area contributed by atoms with Crippen LogP contribution in [0.4, 0.5) is 0 Å². The van der Waals surface area contributed by atoms with Gasteiger partial charge in [0.2, 0.25) is 0 Å². The molecular formula is C18H40N4Si. The van der Waals surface area contributed by atoms with Crippen LogP contribution in [0.5, 0.6) is 0 Å². The Bertz CT molecular complexity index is 331. The lowest BCUT2D eigenvalue weighted by Gasteiger charge is -2.59. The Morgan fingerprint density at radius 1 is 0.957 bits per heavy atom. The predicted molar refractivity (Wildman–Crippen MR) is 104 cm³/mol. The van der Waals surface area contributed by atoms with Gasteiger partial charge in [0, 0.05) is 6.04 Å². The van der Waals surface area contributed by atoms with E-state index in [4.69, 9.17) is 0 Å². The molecule has 2 fully saturated rings. The van der Waals surface area contributed by atoms with Crippen molar-refractivity contribution in [1.29, 1.82) is 0 Å². The Morgan fingerprint density at radius 3 is 2.17 bits per heavy atom. The summed E-state index contributed by atoms with van der Waals surface area (Å²) in [6.07, 6.45) is 10.6. The highest BCUT2D eigenvalue weighted by Gasteiger charge is 2.50. The molecule has 0 aromatic rings. The second kappa shape index (κ2) is 9.52.